The second-order valence-electron chi connectivity index (χ2n) is 1.77. The molecule has 0 spiro atoms. The van der Waals surface area contributed by atoms with E-state index < -0.39 is 0 Å². The Morgan fingerprint density at radius 3 is 2.70 bits per heavy atom. The number of halogens is 1. The Kier molecular flexibility index (Phi) is 2.61. The van der Waals surface area contributed by atoms with Crippen LogP contribution in [0.1, 0.15) is 18.9 Å². The van der Waals surface area contributed by atoms with Crippen molar-refractivity contribution in [1.29, 1.82) is 0 Å². The van der Waals surface area contributed by atoms with E-state index in [4.69, 9.17) is 9.15 Å². The van der Waals surface area contributed by atoms with Crippen LogP contribution in [-0.2, 0) is 4.74 Å². The number of methoxy groups -OCH3 is 1. The van der Waals surface area contributed by atoms with Crippen LogP contribution in [0.15, 0.2) is 4.42 Å². The van der Waals surface area contributed by atoms with E-state index in [0.717, 1.165) is 0 Å². The highest BCUT2D eigenvalue weighted by atomic mass is 127. The molecule has 0 bridgehead atoms. The van der Waals surface area contributed by atoms with Gasteiger partial charge in [-0.1, -0.05) is 0 Å². The lowest BCUT2D eigenvalue weighted by Gasteiger charge is -2.00. The van der Waals surface area contributed by atoms with Crippen molar-refractivity contribution in [3.05, 3.63) is 9.79 Å². The van der Waals surface area contributed by atoms with Gasteiger partial charge in [0.05, 0.1) is 0 Å². The summed E-state index contributed by atoms with van der Waals surface area (Å²) >= 11 is 1.95. The van der Waals surface area contributed by atoms with Gasteiger partial charge < -0.3 is 9.15 Å². The molecule has 1 unspecified atom stereocenters. The Bertz CT molecular complexity index is 213. The molecule has 0 radical (unpaired) electrons. The average Bonchev–Trinajstić information content (AvgIpc) is 2.34. The van der Waals surface area contributed by atoms with Crippen LogP contribution in [0.5, 0.6) is 0 Å². The zero-order valence-electron chi connectivity index (χ0n) is 5.67. The van der Waals surface area contributed by atoms with Crippen molar-refractivity contribution in [3.8, 4) is 0 Å². The lowest BCUT2D eigenvalue weighted by molar-refractivity contribution is 0.0937. The maximum absolute atomic E-state index is 5.08. The van der Waals surface area contributed by atoms with Crippen molar-refractivity contribution < 1.29 is 9.15 Å². The monoisotopic (exact) mass is 254 g/mol. The standard InChI is InChI=1S/C5H7IN2O2/c1-3(9-2)4-7-8-5(6)10-4/h3H,1-2H3. The molecular formula is C5H7IN2O2. The van der Waals surface area contributed by atoms with Crippen LogP contribution in [0.3, 0.4) is 0 Å². The number of aromatic nitrogens is 2. The molecule has 0 aliphatic heterocycles. The van der Waals surface area contributed by atoms with Gasteiger partial charge in [0.25, 0.3) is 3.90 Å². The third-order valence-electron chi connectivity index (χ3n) is 1.12. The lowest BCUT2D eigenvalue weighted by Crippen LogP contribution is -1.95. The first-order valence-electron chi connectivity index (χ1n) is 2.75. The predicted octanol–water partition coefficient (Wildman–Crippen LogP) is 1.38. The fourth-order valence-corrected chi connectivity index (χ4v) is 0.814. The number of ether oxygens (including phenoxy) is 1. The zero-order chi connectivity index (χ0) is 7.56. The number of rotatable bonds is 2. The molecule has 1 atom stereocenters. The summed E-state index contributed by atoms with van der Waals surface area (Å²) in [6.07, 6.45) is -0.115. The second kappa shape index (κ2) is 3.29. The van der Waals surface area contributed by atoms with Crippen LogP contribution in [0.4, 0.5) is 0 Å². The zero-order valence-corrected chi connectivity index (χ0v) is 7.82. The first kappa shape index (κ1) is 7.93. The first-order valence-corrected chi connectivity index (χ1v) is 3.83. The summed E-state index contributed by atoms with van der Waals surface area (Å²) in [4.78, 5) is 0. The topological polar surface area (TPSA) is 48.2 Å². The van der Waals surface area contributed by atoms with E-state index in [9.17, 15) is 0 Å². The normalized spacial score (nSPS) is 13.5. The summed E-state index contributed by atoms with van der Waals surface area (Å²) < 4.78 is 10.6. The lowest BCUT2D eigenvalue weighted by atomic mass is 10.4. The third-order valence-corrected chi connectivity index (χ3v) is 1.55. The fraction of sp³-hybridized carbons (Fsp3) is 0.600. The molecule has 0 aliphatic rings. The molecule has 1 heterocycles. The molecular weight excluding hydrogens is 247 g/mol. The van der Waals surface area contributed by atoms with Gasteiger partial charge in [-0.3, -0.25) is 0 Å². The van der Waals surface area contributed by atoms with Crippen LogP contribution >= 0.6 is 22.6 Å². The third kappa shape index (κ3) is 1.66. The SMILES string of the molecule is COC(C)c1nnc(I)o1. The van der Waals surface area contributed by atoms with Crippen molar-refractivity contribution >= 4 is 22.6 Å². The van der Waals surface area contributed by atoms with Crippen molar-refractivity contribution in [1.82, 2.24) is 10.2 Å². The van der Waals surface area contributed by atoms with E-state index in [2.05, 4.69) is 10.2 Å². The molecule has 1 aromatic heterocycles. The minimum Gasteiger partial charge on any atom is -0.414 e. The summed E-state index contributed by atoms with van der Waals surface area (Å²) in [5, 5.41) is 7.41. The largest absolute Gasteiger partial charge is 0.414 e. The van der Waals surface area contributed by atoms with Gasteiger partial charge >= 0.3 is 0 Å². The first-order chi connectivity index (χ1) is 4.74. The Hall–Kier alpha value is -0.170. The van der Waals surface area contributed by atoms with Crippen LogP contribution < -0.4 is 0 Å². The molecule has 1 rings (SSSR count). The molecule has 5 heteroatoms. The quantitative estimate of drug-likeness (QED) is 0.748. The molecule has 0 aliphatic carbocycles. The van der Waals surface area contributed by atoms with Gasteiger partial charge in [0, 0.05) is 29.7 Å². The molecule has 0 aromatic carbocycles. The molecule has 1 aromatic rings. The Labute approximate surface area is 72.1 Å². The molecule has 0 saturated heterocycles. The van der Waals surface area contributed by atoms with E-state index >= 15 is 0 Å². The summed E-state index contributed by atoms with van der Waals surface area (Å²) in [5.74, 6) is 0.520. The van der Waals surface area contributed by atoms with E-state index in [1.54, 1.807) is 7.11 Å². The van der Waals surface area contributed by atoms with Crippen molar-refractivity contribution in [2.24, 2.45) is 0 Å². The summed E-state index contributed by atoms with van der Waals surface area (Å²) in [5.41, 5.74) is 0. The van der Waals surface area contributed by atoms with Crippen LogP contribution in [0.25, 0.3) is 0 Å². The summed E-state index contributed by atoms with van der Waals surface area (Å²) in [6, 6.07) is 0. The highest BCUT2D eigenvalue weighted by molar-refractivity contribution is 14.1. The maximum Gasteiger partial charge on any atom is 0.278 e. The highest BCUT2D eigenvalue weighted by Crippen LogP contribution is 2.13. The van der Waals surface area contributed by atoms with E-state index in [1.807, 2.05) is 29.5 Å². The van der Waals surface area contributed by atoms with E-state index in [1.165, 1.54) is 0 Å². The van der Waals surface area contributed by atoms with Crippen molar-refractivity contribution in [2.45, 2.75) is 13.0 Å². The molecule has 56 valence electrons. The van der Waals surface area contributed by atoms with Crippen molar-refractivity contribution in [2.75, 3.05) is 7.11 Å². The molecule has 0 N–H and O–H groups in total. The molecule has 10 heavy (non-hydrogen) atoms. The molecule has 4 nitrogen and oxygen atoms in total. The van der Waals surface area contributed by atoms with Crippen LogP contribution in [0, 0.1) is 3.90 Å². The van der Waals surface area contributed by atoms with Gasteiger partial charge in [0.15, 0.2) is 0 Å². The van der Waals surface area contributed by atoms with Gasteiger partial charge in [-0.2, -0.15) is 0 Å². The molecule has 0 fully saturated rings. The number of hydrogen-bond donors (Lipinski definition) is 0. The predicted molar refractivity (Wildman–Crippen MR) is 42.4 cm³/mol. The smallest absolute Gasteiger partial charge is 0.278 e. The van der Waals surface area contributed by atoms with Crippen LogP contribution in [0.2, 0.25) is 0 Å². The molecule has 0 amide bonds. The fourth-order valence-electron chi connectivity index (χ4n) is 0.481. The summed E-state index contributed by atoms with van der Waals surface area (Å²) in [6.45, 7) is 1.85. The number of nitrogens with zero attached hydrogens (tertiary/aromatic N) is 2. The Morgan fingerprint density at radius 2 is 2.30 bits per heavy atom. The van der Waals surface area contributed by atoms with Gasteiger partial charge in [-0.25, -0.2) is 0 Å². The van der Waals surface area contributed by atoms with Gasteiger partial charge in [0.2, 0.25) is 5.89 Å². The second-order valence-corrected chi connectivity index (χ2v) is 2.69. The van der Waals surface area contributed by atoms with E-state index in [0.29, 0.717) is 9.79 Å². The van der Waals surface area contributed by atoms with Gasteiger partial charge in [-0.05, 0) is 6.92 Å². The minimum absolute atomic E-state index is 0.115. The Balaban J connectivity index is 2.74. The van der Waals surface area contributed by atoms with E-state index in [-0.39, 0.29) is 6.10 Å². The maximum atomic E-state index is 5.08. The minimum atomic E-state index is -0.115. The average molecular weight is 254 g/mol. The number of hydrogen-bond acceptors (Lipinski definition) is 4. The van der Waals surface area contributed by atoms with Crippen molar-refractivity contribution in [3.63, 3.8) is 0 Å². The Morgan fingerprint density at radius 1 is 1.60 bits per heavy atom. The summed E-state index contributed by atoms with van der Waals surface area (Å²) in [7, 11) is 1.60. The van der Waals surface area contributed by atoms with Crippen LogP contribution in [-0.4, -0.2) is 17.3 Å². The van der Waals surface area contributed by atoms with Gasteiger partial charge in [0.1, 0.15) is 6.10 Å². The highest BCUT2D eigenvalue weighted by Gasteiger charge is 2.10. The van der Waals surface area contributed by atoms with Gasteiger partial charge in [-0.15, -0.1) is 10.2 Å². The molecule has 0 saturated carbocycles.